The van der Waals surface area contributed by atoms with Gasteiger partial charge in [0.05, 0.1) is 11.3 Å². The maximum atomic E-state index is 12.9. The smallest absolute Gasteiger partial charge is 0.250 e. The van der Waals surface area contributed by atoms with Crippen molar-refractivity contribution in [1.29, 1.82) is 0 Å². The second-order valence-corrected chi connectivity index (χ2v) is 3.55. The van der Waals surface area contributed by atoms with E-state index in [0.29, 0.717) is 24.2 Å². The predicted molar refractivity (Wildman–Crippen MR) is 55.0 cm³/mol. The number of nitrogens with zero attached hydrogens (tertiary/aromatic N) is 2. The van der Waals surface area contributed by atoms with Crippen LogP contribution >= 0.6 is 0 Å². The molecule has 0 aliphatic heterocycles. The van der Waals surface area contributed by atoms with Gasteiger partial charge in [-0.25, -0.2) is 4.98 Å². The monoisotopic (exact) mass is 211 g/mol. The second-order valence-electron chi connectivity index (χ2n) is 3.55. The van der Waals surface area contributed by atoms with Crippen LogP contribution in [0.25, 0.3) is 0 Å². The van der Waals surface area contributed by atoms with E-state index in [2.05, 4.69) is 4.98 Å². The van der Waals surface area contributed by atoms with Gasteiger partial charge in [-0.2, -0.15) is 4.39 Å². The summed E-state index contributed by atoms with van der Waals surface area (Å²) >= 11 is 0. The predicted octanol–water partition coefficient (Wildman–Crippen LogP) is 0.424. The van der Waals surface area contributed by atoms with E-state index >= 15 is 0 Å². The molecule has 1 aromatic heterocycles. The minimum Gasteiger partial charge on any atom is -0.366 e. The summed E-state index contributed by atoms with van der Waals surface area (Å²) in [6, 6.07) is 2.51. The molecular weight excluding hydrogens is 197 g/mol. The number of amides is 1. The first kappa shape index (κ1) is 11.6. The Hall–Kier alpha value is -1.49. The fourth-order valence-electron chi connectivity index (χ4n) is 1.22. The van der Waals surface area contributed by atoms with Crippen LogP contribution in [0.3, 0.4) is 0 Å². The summed E-state index contributed by atoms with van der Waals surface area (Å²) < 4.78 is 12.9. The van der Waals surface area contributed by atoms with Crippen molar-refractivity contribution in [3.63, 3.8) is 0 Å². The van der Waals surface area contributed by atoms with Crippen LogP contribution in [0.1, 0.15) is 16.1 Å². The number of carbonyl (C=O) groups excluding carboxylic acids is 1. The van der Waals surface area contributed by atoms with Gasteiger partial charge in [-0.1, -0.05) is 0 Å². The molecule has 0 saturated carbocycles. The van der Waals surface area contributed by atoms with Crippen molar-refractivity contribution in [2.75, 3.05) is 20.6 Å². The first-order chi connectivity index (χ1) is 7.00. The van der Waals surface area contributed by atoms with E-state index in [1.165, 1.54) is 6.07 Å². The number of likely N-dealkylation sites (N-methyl/N-ethyl adjacent to an activating group) is 1. The minimum atomic E-state index is -0.589. The highest BCUT2D eigenvalue weighted by atomic mass is 19.1. The summed E-state index contributed by atoms with van der Waals surface area (Å²) in [5.74, 6) is -1.16. The number of pyridine rings is 1. The molecule has 4 nitrogen and oxygen atoms in total. The van der Waals surface area contributed by atoms with Gasteiger partial charge in [0, 0.05) is 13.0 Å². The van der Waals surface area contributed by atoms with Crippen LogP contribution in [-0.2, 0) is 6.42 Å². The normalized spacial score (nSPS) is 10.7. The zero-order valence-corrected chi connectivity index (χ0v) is 8.83. The van der Waals surface area contributed by atoms with E-state index in [4.69, 9.17) is 5.73 Å². The highest BCUT2D eigenvalue weighted by Crippen LogP contribution is 2.07. The van der Waals surface area contributed by atoms with Gasteiger partial charge in [0.1, 0.15) is 0 Å². The van der Waals surface area contributed by atoms with E-state index in [1.807, 2.05) is 19.0 Å². The molecule has 0 unspecified atom stereocenters. The van der Waals surface area contributed by atoms with Crippen LogP contribution in [0.4, 0.5) is 4.39 Å². The van der Waals surface area contributed by atoms with Crippen molar-refractivity contribution in [2.24, 2.45) is 5.73 Å². The average molecular weight is 211 g/mol. The van der Waals surface area contributed by atoms with Crippen molar-refractivity contribution in [3.05, 3.63) is 29.3 Å². The fourth-order valence-corrected chi connectivity index (χ4v) is 1.22. The number of hydrogen-bond acceptors (Lipinski definition) is 3. The number of nitrogens with two attached hydrogens (primary N) is 1. The van der Waals surface area contributed by atoms with Gasteiger partial charge in [-0.05, 0) is 26.2 Å². The van der Waals surface area contributed by atoms with Crippen molar-refractivity contribution >= 4 is 5.91 Å². The third kappa shape index (κ3) is 3.28. The molecule has 0 spiro atoms. The second kappa shape index (κ2) is 4.84. The summed E-state index contributed by atoms with van der Waals surface area (Å²) in [5.41, 5.74) is 5.86. The molecule has 0 aliphatic rings. The summed E-state index contributed by atoms with van der Waals surface area (Å²) in [7, 11) is 3.78. The third-order valence-electron chi connectivity index (χ3n) is 2.00. The molecule has 82 valence electrons. The first-order valence-corrected chi connectivity index (χ1v) is 4.60. The fraction of sp³-hybridized carbons (Fsp3) is 0.400. The van der Waals surface area contributed by atoms with Crippen LogP contribution in [0, 0.1) is 5.95 Å². The molecule has 0 atom stereocenters. The lowest BCUT2D eigenvalue weighted by molar-refractivity contribution is 0.0998. The number of hydrogen-bond donors (Lipinski definition) is 1. The molecule has 0 saturated heterocycles. The maximum Gasteiger partial charge on any atom is 0.250 e. The lowest BCUT2D eigenvalue weighted by Crippen LogP contribution is -2.20. The van der Waals surface area contributed by atoms with Crippen LogP contribution < -0.4 is 5.73 Å². The molecule has 1 aromatic rings. The Bertz CT molecular complexity index is 366. The quantitative estimate of drug-likeness (QED) is 0.734. The Morgan fingerprint density at radius 2 is 2.20 bits per heavy atom. The molecule has 1 heterocycles. The molecule has 0 aromatic carbocycles. The standard InChI is InChI=1S/C10H14FN3O/c1-14(2)6-5-8-7(10(12)15)3-4-9(11)13-8/h3-4H,5-6H2,1-2H3,(H2,12,15). The topological polar surface area (TPSA) is 59.2 Å². The van der Waals surface area contributed by atoms with Gasteiger partial charge in [0.25, 0.3) is 5.91 Å². The molecule has 0 radical (unpaired) electrons. The minimum absolute atomic E-state index is 0.290. The van der Waals surface area contributed by atoms with Crippen LogP contribution in [0.2, 0.25) is 0 Å². The molecule has 0 bridgehead atoms. The van der Waals surface area contributed by atoms with E-state index < -0.39 is 11.9 Å². The van der Waals surface area contributed by atoms with Crippen LogP contribution in [0.5, 0.6) is 0 Å². The molecule has 0 fully saturated rings. The van der Waals surface area contributed by atoms with Gasteiger partial charge in [0.15, 0.2) is 0 Å². The highest BCUT2D eigenvalue weighted by Gasteiger charge is 2.10. The molecule has 5 heteroatoms. The van der Waals surface area contributed by atoms with E-state index in [0.717, 1.165) is 6.07 Å². The Labute approximate surface area is 87.9 Å². The van der Waals surface area contributed by atoms with E-state index in [-0.39, 0.29) is 0 Å². The summed E-state index contributed by atoms with van der Waals surface area (Å²) in [6.07, 6.45) is 0.503. The van der Waals surface area contributed by atoms with Crippen molar-refractivity contribution in [1.82, 2.24) is 9.88 Å². The molecule has 15 heavy (non-hydrogen) atoms. The van der Waals surface area contributed by atoms with Crippen molar-refractivity contribution < 1.29 is 9.18 Å². The van der Waals surface area contributed by atoms with Crippen molar-refractivity contribution in [3.8, 4) is 0 Å². The highest BCUT2D eigenvalue weighted by molar-refractivity contribution is 5.93. The van der Waals surface area contributed by atoms with Crippen LogP contribution in [-0.4, -0.2) is 36.4 Å². The Balaban J connectivity index is 2.92. The lowest BCUT2D eigenvalue weighted by atomic mass is 10.1. The maximum absolute atomic E-state index is 12.9. The third-order valence-corrected chi connectivity index (χ3v) is 2.00. The number of rotatable bonds is 4. The first-order valence-electron chi connectivity index (χ1n) is 4.60. The Morgan fingerprint density at radius 1 is 1.53 bits per heavy atom. The molecule has 2 N–H and O–H groups in total. The largest absolute Gasteiger partial charge is 0.366 e. The zero-order valence-electron chi connectivity index (χ0n) is 8.83. The van der Waals surface area contributed by atoms with Gasteiger partial charge in [-0.3, -0.25) is 4.79 Å². The Kier molecular flexibility index (Phi) is 3.74. The van der Waals surface area contributed by atoms with Gasteiger partial charge < -0.3 is 10.6 Å². The lowest BCUT2D eigenvalue weighted by Gasteiger charge is -2.10. The Morgan fingerprint density at radius 3 is 2.73 bits per heavy atom. The van der Waals surface area contributed by atoms with Crippen molar-refractivity contribution in [2.45, 2.75) is 6.42 Å². The number of aromatic nitrogens is 1. The summed E-state index contributed by atoms with van der Waals surface area (Å²) in [4.78, 5) is 16.6. The molecular formula is C10H14FN3O. The number of carbonyl (C=O) groups is 1. The average Bonchev–Trinajstić information content (AvgIpc) is 2.14. The van der Waals surface area contributed by atoms with E-state index in [9.17, 15) is 9.18 Å². The molecule has 0 aliphatic carbocycles. The van der Waals surface area contributed by atoms with Crippen LogP contribution in [0.15, 0.2) is 12.1 Å². The molecule has 1 amide bonds. The summed E-state index contributed by atoms with van der Waals surface area (Å²) in [5, 5.41) is 0. The van der Waals surface area contributed by atoms with Gasteiger partial charge >= 0.3 is 0 Å². The number of halogens is 1. The zero-order chi connectivity index (χ0) is 11.4. The number of primary amides is 1. The van der Waals surface area contributed by atoms with Gasteiger partial charge in [0.2, 0.25) is 5.95 Å². The van der Waals surface area contributed by atoms with Gasteiger partial charge in [-0.15, -0.1) is 0 Å². The summed E-state index contributed by atoms with van der Waals surface area (Å²) in [6.45, 7) is 0.691. The van der Waals surface area contributed by atoms with E-state index in [1.54, 1.807) is 0 Å². The molecule has 1 rings (SSSR count). The SMILES string of the molecule is CN(C)CCc1nc(F)ccc1C(N)=O.